The summed E-state index contributed by atoms with van der Waals surface area (Å²) in [5.74, 6) is 5.22. The lowest BCUT2D eigenvalue weighted by atomic mass is 10.3. The molecule has 0 spiro atoms. The van der Waals surface area contributed by atoms with E-state index in [-0.39, 0.29) is 5.91 Å². The molecule has 0 saturated heterocycles. The number of benzene rings is 1. The molecule has 94 valence electrons. The van der Waals surface area contributed by atoms with Crippen LogP contribution in [-0.4, -0.2) is 26.8 Å². The van der Waals surface area contributed by atoms with Crippen LogP contribution in [0.1, 0.15) is 6.92 Å². The predicted molar refractivity (Wildman–Crippen MR) is 63.8 cm³/mol. The van der Waals surface area contributed by atoms with Gasteiger partial charge in [0.1, 0.15) is 18.4 Å². The van der Waals surface area contributed by atoms with Gasteiger partial charge in [0.25, 0.3) is 5.91 Å². The number of rotatable bonds is 4. The number of nitrogens with zero attached hydrogens (tertiary/aromatic N) is 3. The van der Waals surface area contributed by atoms with Crippen LogP contribution in [0.2, 0.25) is 0 Å². The van der Waals surface area contributed by atoms with Crippen molar-refractivity contribution in [3.63, 3.8) is 0 Å². The number of hydrazine groups is 1. The first kappa shape index (κ1) is 12.1. The summed E-state index contributed by atoms with van der Waals surface area (Å²) in [5, 5.41) is 4.00. The van der Waals surface area contributed by atoms with Crippen molar-refractivity contribution >= 4 is 5.91 Å². The first-order chi connectivity index (χ1) is 8.70. The molecule has 0 bridgehead atoms. The second kappa shape index (κ2) is 5.28. The monoisotopic (exact) mass is 247 g/mol. The van der Waals surface area contributed by atoms with E-state index >= 15 is 0 Å². The Kier molecular flexibility index (Phi) is 3.54. The zero-order valence-electron chi connectivity index (χ0n) is 9.78. The van der Waals surface area contributed by atoms with E-state index in [9.17, 15) is 4.79 Å². The van der Waals surface area contributed by atoms with E-state index in [1.54, 1.807) is 30.1 Å². The SMILES string of the molecule is C[C@H](Oc1ccc(-n2cncn2)cc1)C(=O)NN. The van der Waals surface area contributed by atoms with Gasteiger partial charge in [-0.05, 0) is 31.2 Å². The Labute approximate surface area is 104 Å². The molecule has 0 aliphatic rings. The molecule has 2 rings (SSSR count). The second-order valence-electron chi connectivity index (χ2n) is 3.60. The number of nitrogens with one attached hydrogen (secondary N) is 1. The molecule has 7 nitrogen and oxygen atoms in total. The normalized spacial score (nSPS) is 11.9. The van der Waals surface area contributed by atoms with E-state index < -0.39 is 6.10 Å². The third kappa shape index (κ3) is 2.64. The molecule has 1 heterocycles. The van der Waals surface area contributed by atoms with Crippen LogP contribution in [-0.2, 0) is 4.79 Å². The summed E-state index contributed by atoms with van der Waals surface area (Å²) in [7, 11) is 0. The van der Waals surface area contributed by atoms with Gasteiger partial charge in [0.15, 0.2) is 6.10 Å². The summed E-state index contributed by atoms with van der Waals surface area (Å²) in [5.41, 5.74) is 2.89. The van der Waals surface area contributed by atoms with Gasteiger partial charge in [0, 0.05) is 0 Å². The van der Waals surface area contributed by atoms with E-state index in [2.05, 4.69) is 10.1 Å². The summed E-state index contributed by atoms with van der Waals surface area (Å²) in [6.45, 7) is 1.62. The average Bonchev–Trinajstić information content (AvgIpc) is 2.92. The Hall–Kier alpha value is -2.41. The molecule has 0 aliphatic heterocycles. The molecule has 7 heteroatoms. The van der Waals surface area contributed by atoms with Crippen molar-refractivity contribution < 1.29 is 9.53 Å². The third-order valence-electron chi connectivity index (χ3n) is 2.34. The molecule has 0 aliphatic carbocycles. The van der Waals surface area contributed by atoms with Crippen molar-refractivity contribution in [1.82, 2.24) is 20.2 Å². The van der Waals surface area contributed by atoms with Gasteiger partial charge in [-0.3, -0.25) is 10.2 Å². The smallest absolute Gasteiger partial charge is 0.274 e. The van der Waals surface area contributed by atoms with Crippen LogP contribution < -0.4 is 16.0 Å². The first-order valence-corrected chi connectivity index (χ1v) is 5.33. The third-order valence-corrected chi connectivity index (χ3v) is 2.34. The van der Waals surface area contributed by atoms with Crippen LogP contribution in [0.25, 0.3) is 5.69 Å². The molecule has 1 amide bonds. The number of nitrogens with two attached hydrogens (primary N) is 1. The Morgan fingerprint density at radius 3 is 2.72 bits per heavy atom. The van der Waals surface area contributed by atoms with Gasteiger partial charge in [0.2, 0.25) is 0 Å². The lowest BCUT2D eigenvalue weighted by Crippen LogP contribution is -2.40. The van der Waals surface area contributed by atoms with E-state index in [1.807, 2.05) is 17.6 Å². The Balaban J connectivity index is 2.06. The van der Waals surface area contributed by atoms with Gasteiger partial charge in [-0.2, -0.15) is 5.10 Å². The molecule has 1 aromatic carbocycles. The molecule has 18 heavy (non-hydrogen) atoms. The number of aromatic nitrogens is 3. The average molecular weight is 247 g/mol. The Morgan fingerprint density at radius 1 is 1.44 bits per heavy atom. The number of ether oxygens (including phenoxy) is 1. The summed E-state index contributed by atoms with van der Waals surface area (Å²) >= 11 is 0. The first-order valence-electron chi connectivity index (χ1n) is 5.33. The van der Waals surface area contributed by atoms with Crippen LogP contribution >= 0.6 is 0 Å². The van der Waals surface area contributed by atoms with E-state index in [4.69, 9.17) is 10.6 Å². The zero-order chi connectivity index (χ0) is 13.0. The number of carbonyl (C=O) groups is 1. The van der Waals surface area contributed by atoms with Gasteiger partial charge in [0.05, 0.1) is 5.69 Å². The fourth-order valence-corrected chi connectivity index (χ4v) is 1.39. The molecular weight excluding hydrogens is 234 g/mol. The van der Waals surface area contributed by atoms with Gasteiger partial charge in [-0.1, -0.05) is 0 Å². The highest BCUT2D eigenvalue weighted by Crippen LogP contribution is 2.15. The van der Waals surface area contributed by atoms with E-state index in [0.29, 0.717) is 5.75 Å². The lowest BCUT2D eigenvalue weighted by molar-refractivity contribution is -0.127. The minimum absolute atomic E-state index is 0.379. The second-order valence-corrected chi connectivity index (χ2v) is 3.60. The largest absolute Gasteiger partial charge is 0.481 e. The van der Waals surface area contributed by atoms with Crippen molar-refractivity contribution in [2.75, 3.05) is 0 Å². The number of hydrogen-bond donors (Lipinski definition) is 2. The number of hydrogen-bond acceptors (Lipinski definition) is 5. The van der Waals surface area contributed by atoms with E-state index in [0.717, 1.165) is 5.69 Å². The molecular formula is C11H13N5O2. The number of amides is 1. The predicted octanol–water partition coefficient (Wildman–Crippen LogP) is 0.0245. The van der Waals surface area contributed by atoms with Crippen molar-refractivity contribution in [3.8, 4) is 11.4 Å². The Morgan fingerprint density at radius 2 is 2.17 bits per heavy atom. The van der Waals surface area contributed by atoms with Crippen LogP contribution in [0.4, 0.5) is 0 Å². The van der Waals surface area contributed by atoms with Crippen LogP contribution in [0.15, 0.2) is 36.9 Å². The molecule has 1 atom stereocenters. The maximum atomic E-state index is 11.2. The Bertz CT molecular complexity index is 509. The summed E-state index contributed by atoms with van der Waals surface area (Å²) in [6, 6.07) is 7.13. The molecule has 2 aromatic rings. The fraction of sp³-hybridized carbons (Fsp3) is 0.182. The fourth-order valence-electron chi connectivity index (χ4n) is 1.39. The highest BCUT2D eigenvalue weighted by Gasteiger charge is 2.12. The van der Waals surface area contributed by atoms with Crippen molar-refractivity contribution in [1.29, 1.82) is 0 Å². The van der Waals surface area contributed by atoms with Gasteiger partial charge >= 0.3 is 0 Å². The molecule has 0 radical (unpaired) electrons. The minimum Gasteiger partial charge on any atom is -0.481 e. The molecule has 0 unspecified atom stereocenters. The summed E-state index contributed by atoms with van der Waals surface area (Å²) in [4.78, 5) is 15.0. The van der Waals surface area contributed by atoms with Crippen LogP contribution in [0.5, 0.6) is 5.75 Å². The maximum Gasteiger partial charge on any atom is 0.274 e. The molecule has 1 aromatic heterocycles. The quantitative estimate of drug-likeness (QED) is 0.451. The lowest BCUT2D eigenvalue weighted by Gasteiger charge is -2.13. The van der Waals surface area contributed by atoms with Crippen molar-refractivity contribution in [2.24, 2.45) is 5.84 Å². The zero-order valence-corrected chi connectivity index (χ0v) is 9.78. The van der Waals surface area contributed by atoms with E-state index in [1.165, 1.54) is 6.33 Å². The molecule has 3 N–H and O–H groups in total. The van der Waals surface area contributed by atoms with Crippen LogP contribution in [0.3, 0.4) is 0 Å². The topological polar surface area (TPSA) is 95.1 Å². The van der Waals surface area contributed by atoms with Crippen molar-refractivity contribution in [2.45, 2.75) is 13.0 Å². The minimum atomic E-state index is -0.646. The molecule has 0 fully saturated rings. The highest BCUT2D eigenvalue weighted by atomic mass is 16.5. The van der Waals surface area contributed by atoms with Crippen molar-refractivity contribution in [3.05, 3.63) is 36.9 Å². The summed E-state index contributed by atoms with van der Waals surface area (Å²) < 4.78 is 7.03. The maximum absolute atomic E-state index is 11.2. The highest BCUT2D eigenvalue weighted by molar-refractivity contribution is 5.80. The summed E-state index contributed by atoms with van der Waals surface area (Å²) in [6.07, 6.45) is 2.41. The number of carbonyl (C=O) groups excluding carboxylic acids is 1. The molecule has 0 saturated carbocycles. The standard InChI is InChI=1S/C11H13N5O2/c1-8(11(17)15-12)18-10-4-2-9(3-5-10)16-7-13-6-14-16/h2-8H,12H2,1H3,(H,15,17)/t8-/m0/s1. The van der Waals surface area contributed by atoms with Crippen LogP contribution in [0, 0.1) is 0 Å². The van der Waals surface area contributed by atoms with Gasteiger partial charge in [-0.25, -0.2) is 15.5 Å². The van der Waals surface area contributed by atoms with Gasteiger partial charge < -0.3 is 4.74 Å². The van der Waals surface area contributed by atoms with Gasteiger partial charge in [-0.15, -0.1) is 0 Å².